The minimum absolute atomic E-state index is 0.684. The highest BCUT2D eigenvalue weighted by atomic mass is 14.9. The minimum Gasteiger partial charge on any atom is -0.311 e. The van der Waals surface area contributed by atoms with Crippen molar-refractivity contribution in [2.45, 2.75) is 111 Å². The maximum Gasteiger partial charge on any atom is 0.00695 e. The molecule has 0 aromatic rings. The van der Waals surface area contributed by atoms with Crippen molar-refractivity contribution in [1.29, 1.82) is 0 Å². The van der Waals surface area contributed by atoms with E-state index in [2.05, 4.69) is 39.9 Å². The Morgan fingerprint density at radius 3 is 1.74 bits per heavy atom. The van der Waals surface area contributed by atoms with Crippen molar-refractivity contribution < 1.29 is 0 Å². The Kier molecular flexibility index (Phi) is 12.9. The zero-order chi connectivity index (χ0) is 14.5. The molecular weight excluding hydrogens is 230 g/mol. The summed E-state index contributed by atoms with van der Waals surface area (Å²) in [6.45, 7) is 11.6. The van der Waals surface area contributed by atoms with Crippen LogP contribution in [0.4, 0.5) is 0 Å². The number of rotatable bonds is 13. The van der Waals surface area contributed by atoms with Crippen LogP contribution in [0.3, 0.4) is 0 Å². The van der Waals surface area contributed by atoms with E-state index in [9.17, 15) is 0 Å². The van der Waals surface area contributed by atoms with Gasteiger partial charge in [0.15, 0.2) is 0 Å². The maximum atomic E-state index is 3.90. The molecule has 1 N–H and O–H groups in total. The van der Waals surface area contributed by atoms with Gasteiger partial charge in [0.2, 0.25) is 0 Å². The zero-order valence-electron chi connectivity index (χ0n) is 14.3. The molecule has 0 heterocycles. The number of nitrogens with one attached hydrogen (secondary N) is 1. The highest BCUT2D eigenvalue weighted by Crippen LogP contribution is 2.15. The molecular formula is C18H39N. The van der Waals surface area contributed by atoms with Crippen molar-refractivity contribution in [2.75, 3.05) is 0 Å². The monoisotopic (exact) mass is 269 g/mol. The van der Waals surface area contributed by atoms with Gasteiger partial charge in [0.05, 0.1) is 0 Å². The Hall–Kier alpha value is -0.0400. The smallest absolute Gasteiger partial charge is 0.00695 e. The first-order chi connectivity index (χ1) is 9.13. The third-order valence-electron chi connectivity index (χ3n) is 4.29. The molecule has 0 aliphatic carbocycles. The molecule has 2 unspecified atom stereocenters. The molecule has 0 aliphatic heterocycles. The van der Waals surface area contributed by atoms with E-state index in [1.165, 1.54) is 64.2 Å². The van der Waals surface area contributed by atoms with Crippen molar-refractivity contribution in [3.8, 4) is 0 Å². The van der Waals surface area contributed by atoms with Gasteiger partial charge < -0.3 is 5.32 Å². The molecule has 0 rings (SSSR count). The van der Waals surface area contributed by atoms with E-state index in [4.69, 9.17) is 0 Å². The standard InChI is InChI=1S/C18H39N/c1-6-9-11-13-18(14-12-10-7-2)19-17(5)15-16(4)8-3/h16-19H,6-15H2,1-5H3. The summed E-state index contributed by atoms with van der Waals surface area (Å²) in [7, 11) is 0. The van der Waals surface area contributed by atoms with Gasteiger partial charge in [-0.2, -0.15) is 0 Å². The van der Waals surface area contributed by atoms with Crippen LogP contribution in [0.15, 0.2) is 0 Å². The van der Waals surface area contributed by atoms with Crippen LogP contribution in [0.2, 0.25) is 0 Å². The lowest BCUT2D eigenvalue weighted by atomic mass is 9.97. The summed E-state index contributed by atoms with van der Waals surface area (Å²) < 4.78 is 0. The summed E-state index contributed by atoms with van der Waals surface area (Å²) in [4.78, 5) is 0. The quantitative estimate of drug-likeness (QED) is 0.409. The third kappa shape index (κ3) is 11.5. The summed E-state index contributed by atoms with van der Waals surface area (Å²) in [5, 5.41) is 3.90. The first kappa shape index (κ1) is 19.0. The third-order valence-corrected chi connectivity index (χ3v) is 4.29. The summed E-state index contributed by atoms with van der Waals surface area (Å²) in [5.41, 5.74) is 0. The molecule has 116 valence electrons. The number of hydrogen-bond acceptors (Lipinski definition) is 1. The van der Waals surface area contributed by atoms with Gasteiger partial charge in [0, 0.05) is 12.1 Å². The average molecular weight is 270 g/mol. The van der Waals surface area contributed by atoms with Crippen LogP contribution in [0, 0.1) is 5.92 Å². The summed E-state index contributed by atoms with van der Waals surface area (Å²) in [6.07, 6.45) is 13.7. The van der Waals surface area contributed by atoms with Gasteiger partial charge in [-0.25, -0.2) is 0 Å². The molecule has 1 nitrogen and oxygen atoms in total. The lowest BCUT2D eigenvalue weighted by Crippen LogP contribution is -2.37. The Bertz CT molecular complexity index is 169. The lowest BCUT2D eigenvalue weighted by molar-refractivity contribution is 0.338. The second kappa shape index (κ2) is 13.0. The Labute approximate surface area is 122 Å². The van der Waals surface area contributed by atoms with E-state index in [1.54, 1.807) is 0 Å². The molecule has 0 saturated heterocycles. The molecule has 0 amide bonds. The van der Waals surface area contributed by atoms with Crippen LogP contribution < -0.4 is 5.32 Å². The van der Waals surface area contributed by atoms with Crippen molar-refractivity contribution in [2.24, 2.45) is 5.92 Å². The predicted octanol–water partition coefficient (Wildman–Crippen LogP) is 5.93. The summed E-state index contributed by atoms with van der Waals surface area (Å²) in [5.74, 6) is 0.856. The van der Waals surface area contributed by atoms with E-state index in [1.807, 2.05) is 0 Å². The SMILES string of the molecule is CCCCCC(CCCCC)NC(C)CC(C)CC. The van der Waals surface area contributed by atoms with Gasteiger partial charge in [-0.15, -0.1) is 0 Å². The fourth-order valence-corrected chi connectivity index (χ4v) is 2.83. The van der Waals surface area contributed by atoms with E-state index < -0.39 is 0 Å². The average Bonchev–Trinajstić information content (AvgIpc) is 2.38. The van der Waals surface area contributed by atoms with E-state index in [0.29, 0.717) is 6.04 Å². The molecule has 0 radical (unpaired) electrons. The largest absolute Gasteiger partial charge is 0.311 e. The van der Waals surface area contributed by atoms with Gasteiger partial charge in [0.25, 0.3) is 0 Å². The van der Waals surface area contributed by atoms with Crippen molar-refractivity contribution in [3.63, 3.8) is 0 Å². The second-order valence-electron chi connectivity index (χ2n) is 6.51. The molecule has 2 atom stereocenters. The van der Waals surface area contributed by atoms with Crippen molar-refractivity contribution in [3.05, 3.63) is 0 Å². The Balaban J connectivity index is 3.99. The number of unbranched alkanes of at least 4 members (excludes halogenated alkanes) is 4. The summed E-state index contributed by atoms with van der Waals surface area (Å²) in [6, 6.07) is 1.44. The van der Waals surface area contributed by atoms with Crippen molar-refractivity contribution >= 4 is 0 Å². The lowest BCUT2D eigenvalue weighted by Gasteiger charge is -2.25. The van der Waals surface area contributed by atoms with Gasteiger partial charge in [0.1, 0.15) is 0 Å². The molecule has 0 aromatic heterocycles. The Morgan fingerprint density at radius 1 is 0.789 bits per heavy atom. The van der Waals surface area contributed by atoms with E-state index in [-0.39, 0.29) is 0 Å². The van der Waals surface area contributed by atoms with Gasteiger partial charge in [-0.1, -0.05) is 72.6 Å². The van der Waals surface area contributed by atoms with Crippen LogP contribution >= 0.6 is 0 Å². The van der Waals surface area contributed by atoms with Crippen LogP contribution in [-0.4, -0.2) is 12.1 Å². The normalized spacial score (nSPS) is 14.8. The van der Waals surface area contributed by atoms with Crippen LogP contribution in [0.1, 0.15) is 98.8 Å². The van der Waals surface area contributed by atoms with Crippen LogP contribution in [-0.2, 0) is 0 Å². The summed E-state index contributed by atoms with van der Waals surface area (Å²) >= 11 is 0. The maximum absolute atomic E-state index is 3.90. The first-order valence-electron chi connectivity index (χ1n) is 8.89. The second-order valence-corrected chi connectivity index (χ2v) is 6.51. The first-order valence-corrected chi connectivity index (χ1v) is 8.89. The molecule has 1 heteroatoms. The molecule has 0 spiro atoms. The fraction of sp³-hybridized carbons (Fsp3) is 1.00. The topological polar surface area (TPSA) is 12.0 Å². The van der Waals surface area contributed by atoms with Crippen LogP contribution in [0.25, 0.3) is 0 Å². The van der Waals surface area contributed by atoms with Crippen LogP contribution in [0.5, 0.6) is 0 Å². The van der Waals surface area contributed by atoms with E-state index in [0.717, 1.165) is 12.0 Å². The van der Waals surface area contributed by atoms with Crippen molar-refractivity contribution in [1.82, 2.24) is 5.32 Å². The molecule has 0 aromatic carbocycles. The zero-order valence-corrected chi connectivity index (χ0v) is 14.3. The number of hydrogen-bond donors (Lipinski definition) is 1. The van der Waals surface area contributed by atoms with Gasteiger partial charge >= 0.3 is 0 Å². The minimum atomic E-state index is 0.684. The Morgan fingerprint density at radius 2 is 1.32 bits per heavy atom. The predicted molar refractivity (Wildman–Crippen MR) is 88.7 cm³/mol. The van der Waals surface area contributed by atoms with E-state index >= 15 is 0 Å². The fourth-order valence-electron chi connectivity index (χ4n) is 2.83. The molecule has 19 heavy (non-hydrogen) atoms. The highest BCUT2D eigenvalue weighted by Gasteiger charge is 2.13. The van der Waals surface area contributed by atoms with Gasteiger partial charge in [-0.05, 0) is 32.1 Å². The molecule has 0 aliphatic rings. The highest BCUT2D eigenvalue weighted by molar-refractivity contribution is 4.73. The van der Waals surface area contributed by atoms with Gasteiger partial charge in [-0.3, -0.25) is 0 Å². The molecule has 0 bridgehead atoms. The molecule has 0 fully saturated rings. The molecule has 0 saturated carbocycles.